The smallest absolute Gasteiger partial charge is 0.420 e. The molecule has 10 nitrogen and oxygen atoms in total. The molecule has 1 saturated heterocycles. The number of hydrogen-bond acceptors (Lipinski definition) is 9. The van der Waals surface area contributed by atoms with Crippen LogP contribution in [0.25, 0.3) is 0 Å². The van der Waals surface area contributed by atoms with Gasteiger partial charge in [-0.1, -0.05) is 25.1 Å². The quantitative estimate of drug-likeness (QED) is 0.386. The lowest BCUT2D eigenvalue weighted by Gasteiger charge is -2.32. The predicted octanol–water partition coefficient (Wildman–Crippen LogP) is 4.73. The van der Waals surface area contributed by atoms with Crippen LogP contribution in [0, 0.1) is 0 Å². The molecule has 4 atom stereocenters. The summed E-state index contributed by atoms with van der Waals surface area (Å²) in [5.41, 5.74) is -1.86. The number of nitrogens with zero attached hydrogens (tertiary/aromatic N) is 1. The van der Waals surface area contributed by atoms with Crippen molar-refractivity contribution in [3.8, 4) is 5.75 Å². The van der Waals surface area contributed by atoms with Crippen LogP contribution in [0.3, 0.4) is 0 Å². The summed E-state index contributed by atoms with van der Waals surface area (Å²) in [5.74, 6) is -0.255. The molecule has 1 fully saturated rings. The SMILES string of the molecule is CCCOC1C(C)OC(=O)C(N(C(=O)OC(C)(C)C)C(=O)OC(C)(C)C)COCC1Oc1ccccc1. The van der Waals surface area contributed by atoms with Crippen LogP contribution < -0.4 is 4.74 Å². The van der Waals surface area contributed by atoms with Crippen molar-refractivity contribution < 1.29 is 42.8 Å². The fourth-order valence-electron chi connectivity index (χ4n) is 3.49. The van der Waals surface area contributed by atoms with Gasteiger partial charge in [-0.3, -0.25) is 0 Å². The van der Waals surface area contributed by atoms with Crippen molar-refractivity contribution in [3.63, 3.8) is 0 Å². The van der Waals surface area contributed by atoms with Crippen molar-refractivity contribution in [1.29, 1.82) is 0 Å². The summed E-state index contributed by atoms with van der Waals surface area (Å²) in [7, 11) is 0. The number of cyclic esters (lactones) is 1. The summed E-state index contributed by atoms with van der Waals surface area (Å²) in [6.45, 7) is 13.6. The highest BCUT2D eigenvalue weighted by Gasteiger charge is 2.44. The van der Waals surface area contributed by atoms with Crippen LogP contribution in [0.4, 0.5) is 9.59 Å². The summed E-state index contributed by atoms with van der Waals surface area (Å²) >= 11 is 0. The minimum absolute atomic E-state index is 0.0111. The number of hydrogen-bond donors (Lipinski definition) is 0. The Morgan fingerprint density at radius 3 is 2.05 bits per heavy atom. The summed E-state index contributed by atoms with van der Waals surface area (Å²) < 4.78 is 34.6. The first kappa shape index (κ1) is 30.4. The van der Waals surface area contributed by atoms with Gasteiger partial charge in [-0.2, -0.15) is 4.90 Å². The second kappa shape index (κ2) is 13.1. The van der Waals surface area contributed by atoms with E-state index in [1.165, 1.54) is 0 Å². The zero-order valence-corrected chi connectivity index (χ0v) is 23.1. The third-order valence-electron chi connectivity index (χ3n) is 5.00. The minimum atomic E-state index is -1.45. The van der Waals surface area contributed by atoms with Crippen LogP contribution in [-0.4, -0.2) is 78.4 Å². The molecule has 0 aliphatic carbocycles. The minimum Gasteiger partial charge on any atom is -0.485 e. The van der Waals surface area contributed by atoms with Crippen molar-refractivity contribution in [2.24, 2.45) is 0 Å². The largest absolute Gasteiger partial charge is 0.485 e. The van der Waals surface area contributed by atoms with E-state index < -0.39 is 53.7 Å². The standard InChI is InChI=1S/C27H41NO9/c1-9-15-33-22-18(2)34-23(29)20(16-32-17-21(22)35-19-13-11-10-12-14-19)28(24(30)36-26(3,4)5)25(31)37-27(6,7)8/h10-14,18,20-22H,9,15-17H2,1-8H3. The topological polar surface area (TPSA) is 110 Å². The molecule has 1 aliphatic rings. The molecular weight excluding hydrogens is 482 g/mol. The Balaban J connectivity index is 2.38. The number of carbonyl (C=O) groups excluding carboxylic acids is 3. The summed E-state index contributed by atoms with van der Waals surface area (Å²) in [5, 5.41) is 0. The Hall–Kier alpha value is -2.85. The fraction of sp³-hybridized carbons (Fsp3) is 0.667. The maximum absolute atomic E-state index is 13.3. The molecule has 2 rings (SSSR count). The second-order valence-corrected chi connectivity index (χ2v) is 10.8. The average molecular weight is 524 g/mol. The first-order chi connectivity index (χ1) is 17.2. The lowest BCUT2D eigenvalue weighted by molar-refractivity contribution is -0.165. The van der Waals surface area contributed by atoms with E-state index in [1.807, 2.05) is 25.1 Å². The third-order valence-corrected chi connectivity index (χ3v) is 5.00. The van der Waals surface area contributed by atoms with Crippen molar-refractivity contribution in [2.75, 3.05) is 19.8 Å². The molecule has 0 aromatic heterocycles. The number of benzene rings is 1. The Bertz CT molecular complexity index is 863. The molecule has 2 amide bonds. The number of ether oxygens (including phenoxy) is 6. The molecule has 0 saturated carbocycles. The van der Waals surface area contributed by atoms with Gasteiger partial charge >= 0.3 is 18.2 Å². The second-order valence-electron chi connectivity index (χ2n) is 10.8. The average Bonchev–Trinajstić information content (AvgIpc) is 2.80. The molecule has 0 N–H and O–H groups in total. The third kappa shape index (κ3) is 9.85. The Morgan fingerprint density at radius 1 is 0.973 bits per heavy atom. The van der Waals surface area contributed by atoms with Gasteiger partial charge in [0.05, 0.1) is 13.2 Å². The molecule has 4 unspecified atom stereocenters. The van der Waals surface area contributed by atoms with E-state index in [4.69, 9.17) is 28.4 Å². The van der Waals surface area contributed by atoms with Gasteiger partial charge in [0.15, 0.2) is 12.1 Å². The number of esters is 1. The van der Waals surface area contributed by atoms with E-state index in [2.05, 4.69) is 0 Å². The zero-order chi connectivity index (χ0) is 27.8. The predicted molar refractivity (Wildman–Crippen MR) is 135 cm³/mol. The zero-order valence-electron chi connectivity index (χ0n) is 23.1. The van der Waals surface area contributed by atoms with Gasteiger partial charge in [0.1, 0.15) is 29.2 Å². The first-order valence-corrected chi connectivity index (χ1v) is 12.6. The molecule has 208 valence electrons. The molecule has 1 aromatic rings. The van der Waals surface area contributed by atoms with Crippen molar-refractivity contribution in [1.82, 2.24) is 4.90 Å². The summed E-state index contributed by atoms with van der Waals surface area (Å²) in [6.07, 6.45) is -3.43. The number of imide groups is 1. The highest BCUT2D eigenvalue weighted by molar-refractivity contribution is 5.94. The number of carbonyl (C=O) groups is 3. The van der Waals surface area contributed by atoms with Crippen LogP contribution in [-0.2, 0) is 28.5 Å². The van der Waals surface area contributed by atoms with Gasteiger partial charge in [0.2, 0.25) is 0 Å². The first-order valence-electron chi connectivity index (χ1n) is 12.6. The number of amides is 2. The van der Waals surface area contributed by atoms with Crippen LogP contribution >= 0.6 is 0 Å². The van der Waals surface area contributed by atoms with Gasteiger partial charge in [0, 0.05) is 6.61 Å². The highest BCUT2D eigenvalue weighted by atomic mass is 16.6. The van der Waals surface area contributed by atoms with Crippen molar-refractivity contribution >= 4 is 18.2 Å². The van der Waals surface area contributed by atoms with E-state index in [-0.39, 0.29) is 13.2 Å². The molecule has 0 bridgehead atoms. The fourth-order valence-corrected chi connectivity index (χ4v) is 3.49. The van der Waals surface area contributed by atoms with E-state index in [1.54, 1.807) is 60.6 Å². The summed E-state index contributed by atoms with van der Waals surface area (Å²) in [6, 6.07) is 7.70. The molecule has 1 aromatic carbocycles. The molecular formula is C27H41NO9. The lowest BCUT2D eigenvalue weighted by Crippen LogP contribution is -2.54. The molecule has 1 aliphatic heterocycles. The molecule has 37 heavy (non-hydrogen) atoms. The van der Waals surface area contributed by atoms with Gasteiger partial charge in [0.25, 0.3) is 0 Å². The van der Waals surface area contributed by atoms with Gasteiger partial charge in [-0.15, -0.1) is 0 Å². The Kier molecular flexibility index (Phi) is 10.8. The molecule has 1 heterocycles. The van der Waals surface area contributed by atoms with E-state index in [0.29, 0.717) is 17.3 Å². The number of rotatable bonds is 6. The van der Waals surface area contributed by atoms with Crippen LogP contribution in [0.1, 0.15) is 61.8 Å². The van der Waals surface area contributed by atoms with Crippen molar-refractivity contribution in [3.05, 3.63) is 30.3 Å². The highest BCUT2D eigenvalue weighted by Crippen LogP contribution is 2.23. The lowest BCUT2D eigenvalue weighted by atomic mass is 10.1. The normalized spacial score (nSPS) is 23.1. The van der Waals surface area contributed by atoms with Crippen LogP contribution in [0.5, 0.6) is 5.75 Å². The molecule has 0 radical (unpaired) electrons. The maximum Gasteiger partial charge on any atom is 0.420 e. The number of para-hydroxylation sites is 1. The van der Waals surface area contributed by atoms with Crippen LogP contribution in [0.15, 0.2) is 30.3 Å². The van der Waals surface area contributed by atoms with Gasteiger partial charge in [-0.25, -0.2) is 14.4 Å². The maximum atomic E-state index is 13.3. The Labute approximate surface area is 219 Å². The van der Waals surface area contributed by atoms with E-state index in [0.717, 1.165) is 6.42 Å². The molecule has 0 spiro atoms. The van der Waals surface area contributed by atoms with Crippen molar-refractivity contribution in [2.45, 2.75) is 97.4 Å². The Morgan fingerprint density at radius 2 is 1.54 bits per heavy atom. The van der Waals surface area contributed by atoms with E-state index >= 15 is 0 Å². The van der Waals surface area contributed by atoms with Crippen LogP contribution in [0.2, 0.25) is 0 Å². The van der Waals surface area contributed by atoms with E-state index in [9.17, 15) is 14.4 Å². The summed E-state index contributed by atoms with van der Waals surface area (Å²) in [4.78, 5) is 40.2. The van der Waals surface area contributed by atoms with Gasteiger partial charge < -0.3 is 28.4 Å². The van der Waals surface area contributed by atoms with Gasteiger partial charge in [-0.05, 0) is 67.0 Å². The molecule has 10 heteroatoms. The monoisotopic (exact) mass is 523 g/mol.